The van der Waals surface area contributed by atoms with Crippen LogP contribution in [-0.4, -0.2) is 53.8 Å². The number of rotatable bonds is 3. The Hall–Kier alpha value is -1.30. The second-order valence-corrected chi connectivity index (χ2v) is 5.46. The number of carbonyl (C=O) groups is 3. The molecule has 0 bridgehead atoms. The largest absolute Gasteiger partial charge is 0.469 e. The lowest BCUT2D eigenvalue weighted by Gasteiger charge is -2.47. The molecule has 2 fully saturated rings. The first-order chi connectivity index (χ1) is 9.58. The summed E-state index contributed by atoms with van der Waals surface area (Å²) in [7, 11) is 1.26. The fourth-order valence-corrected chi connectivity index (χ4v) is 3.25. The molecule has 0 radical (unpaired) electrons. The Kier molecular flexibility index (Phi) is 4.86. The maximum absolute atomic E-state index is 12.2. The second-order valence-electron chi connectivity index (χ2n) is 5.20. The fourth-order valence-electron chi connectivity index (χ4n) is 3.11. The Morgan fingerprint density at radius 1 is 1.40 bits per heavy atom. The smallest absolute Gasteiger partial charge is 0.308 e. The number of piperazine rings is 1. The first kappa shape index (κ1) is 15.1. The van der Waals surface area contributed by atoms with Gasteiger partial charge in [-0.1, -0.05) is 12.8 Å². The summed E-state index contributed by atoms with van der Waals surface area (Å²) < 4.78 is 4.61. The van der Waals surface area contributed by atoms with Crippen LogP contribution in [0.1, 0.15) is 32.1 Å². The summed E-state index contributed by atoms with van der Waals surface area (Å²) in [5, 5.41) is 2.92. The molecule has 3 atom stereocenters. The minimum atomic E-state index is -0.812. The van der Waals surface area contributed by atoms with Gasteiger partial charge in [-0.2, -0.15) is 0 Å². The first-order valence-corrected chi connectivity index (χ1v) is 7.36. The van der Waals surface area contributed by atoms with Crippen molar-refractivity contribution in [2.75, 3.05) is 13.0 Å². The van der Waals surface area contributed by atoms with Crippen LogP contribution in [0, 0.1) is 0 Å². The minimum Gasteiger partial charge on any atom is -0.469 e. The predicted molar refractivity (Wildman–Crippen MR) is 72.2 cm³/mol. The summed E-state index contributed by atoms with van der Waals surface area (Å²) in [6, 6.07) is -0.910. The Morgan fingerprint density at radius 3 is 2.75 bits per heavy atom. The number of carbonyl (C=O) groups excluding carboxylic acids is 3. The zero-order chi connectivity index (χ0) is 14.7. The lowest BCUT2D eigenvalue weighted by Crippen LogP contribution is -2.68. The van der Waals surface area contributed by atoms with Gasteiger partial charge < -0.3 is 15.0 Å². The highest BCUT2D eigenvalue weighted by atomic mass is 35.5. The number of halogens is 1. The van der Waals surface area contributed by atoms with Gasteiger partial charge in [0.05, 0.1) is 19.6 Å². The van der Waals surface area contributed by atoms with Crippen LogP contribution in [0.15, 0.2) is 0 Å². The first-order valence-electron chi connectivity index (χ1n) is 6.82. The molecule has 2 aliphatic rings. The summed E-state index contributed by atoms with van der Waals surface area (Å²) in [5.41, 5.74) is 0. The molecule has 7 heteroatoms. The molecular weight excluding hydrogens is 284 g/mol. The molecular formula is C13H19ClN2O4. The van der Waals surface area contributed by atoms with Crippen molar-refractivity contribution in [2.45, 2.75) is 50.2 Å². The second kappa shape index (κ2) is 6.43. The van der Waals surface area contributed by atoms with Crippen LogP contribution in [0.3, 0.4) is 0 Å². The third-order valence-electron chi connectivity index (χ3n) is 4.04. The average Bonchev–Trinajstić information content (AvgIpc) is 2.47. The Morgan fingerprint density at radius 2 is 2.10 bits per heavy atom. The quantitative estimate of drug-likeness (QED) is 0.606. The van der Waals surface area contributed by atoms with Crippen LogP contribution in [0.4, 0.5) is 0 Å². The molecule has 1 saturated carbocycles. The standard InChI is InChI=1S/C13H19ClN2O4/c1-20-12(18)6-10-13(19)15-8-4-2-3-5-9(8)16(10)11(17)7-14/h8-10H,2-7H2,1H3,(H,15,19)/t8-,9+,10+/m1/s1. The summed E-state index contributed by atoms with van der Waals surface area (Å²) in [6.07, 6.45) is 3.59. The molecule has 0 aromatic rings. The SMILES string of the molecule is COC(=O)C[C@H]1C(=O)N[C@@H]2CCCC[C@@H]2N1C(=O)CCl. The van der Waals surface area contributed by atoms with E-state index in [0.29, 0.717) is 0 Å². The number of hydrogen-bond donors (Lipinski definition) is 1. The van der Waals surface area contributed by atoms with Gasteiger partial charge in [0, 0.05) is 6.04 Å². The summed E-state index contributed by atoms with van der Waals surface area (Å²) in [5.74, 6) is -1.29. The third kappa shape index (κ3) is 2.90. The van der Waals surface area contributed by atoms with Crippen molar-refractivity contribution < 1.29 is 19.1 Å². The van der Waals surface area contributed by atoms with E-state index in [4.69, 9.17) is 11.6 Å². The number of esters is 1. The zero-order valence-corrected chi connectivity index (χ0v) is 12.2. The van der Waals surface area contributed by atoms with Crippen molar-refractivity contribution in [3.8, 4) is 0 Å². The highest BCUT2D eigenvalue weighted by molar-refractivity contribution is 6.27. The van der Waals surface area contributed by atoms with Crippen LogP contribution in [0.5, 0.6) is 0 Å². The van der Waals surface area contributed by atoms with E-state index in [0.717, 1.165) is 25.7 Å². The van der Waals surface area contributed by atoms with Gasteiger partial charge in [-0.05, 0) is 12.8 Å². The van der Waals surface area contributed by atoms with E-state index in [9.17, 15) is 14.4 Å². The number of hydrogen-bond acceptors (Lipinski definition) is 4. The number of methoxy groups -OCH3 is 1. The zero-order valence-electron chi connectivity index (χ0n) is 11.4. The van der Waals surface area contributed by atoms with E-state index in [1.807, 2.05) is 0 Å². The Balaban J connectivity index is 2.24. The van der Waals surface area contributed by atoms with E-state index in [1.165, 1.54) is 12.0 Å². The number of ether oxygens (including phenoxy) is 1. The van der Waals surface area contributed by atoms with Crippen molar-refractivity contribution in [2.24, 2.45) is 0 Å². The minimum absolute atomic E-state index is 0.0303. The molecule has 1 heterocycles. The fraction of sp³-hybridized carbons (Fsp3) is 0.769. The van der Waals surface area contributed by atoms with Gasteiger partial charge in [-0.3, -0.25) is 14.4 Å². The van der Waals surface area contributed by atoms with Gasteiger partial charge in [0.15, 0.2) is 0 Å². The van der Waals surface area contributed by atoms with Gasteiger partial charge in [0.1, 0.15) is 11.9 Å². The molecule has 0 aromatic heterocycles. The van der Waals surface area contributed by atoms with Crippen molar-refractivity contribution in [3.05, 3.63) is 0 Å². The molecule has 1 aliphatic carbocycles. The Bertz CT molecular complexity index is 415. The molecule has 20 heavy (non-hydrogen) atoms. The monoisotopic (exact) mass is 302 g/mol. The molecule has 2 amide bonds. The van der Waals surface area contributed by atoms with Gasteiger partial charge >= 0.3 is 5.97 Å². The molecule has 2 rings (SSSR count). The summed E-state index contributed by atoms with van der Waals surface area (Å²) in [4.78, 5) is 37.3. The maximum Gasteiger partial charge on any atom is 0.308 e. The number of nitrogens with zero attached hydrogens (tertiary/aromatic N) is 1. The lowest BCUT2D eigenvalue weighted by atomic mass is 9.85. The van der Waals surface area contributed by atoms with E-state index in [2.05, 4.69) is 10.1 Å². The summed E-state index contributed by atoms with van der Waals surface area (Å²) in [6.45, 7) is 0. The molecule has 0 unspecified atom stereocenters. The van der Waals surface area contributed by atoms with Crippen LogP contribution < -0.4 is 5.32 Å². The van der Waals surface area contributed by atoms with E-state index < -0.39 is 12.0 Å². The van der Waals surface area contributed by atoms with Crippen molar-refractivity contribution in [1.82, 2.24) is 10.2 Å². The van der Waals surface area contributed by atoms with Crippen molar-refractivity contribution >= 4 is 29.4 Å². The van der Waals surface area contributed by atoms with Crippen LogP contribution in [-0.2, 0) is 19.1 Å². The maximum atomic E-state index is 12.2. The number of fused-ring (bicyclic) bond motifs is 1. The molecule has 112 valence electrons. The van der Waals surface area contributed by atoms with Crippen LogP contribution in [0.2, 0.25) is 0 Å². The highest BCUT2D eigenvalue weighted by Crippen LogP contribution is 2.29. The molecule has 1 saturated heterocycles. The van der Waals surface area contributed by atoms with Gasteiger partial charge in [-0.15, -0.1) is 11.6 Å². The predicted octanol–water partition coefficient (Wildman–Crippen LogP) is 0.426. The average molecular weight is 303 g/mol. The van der Waals surface area contributed by atoms with Crippen molar-refractivity contribution in [3.63, 3.8) is 0 Å². The number of nitrogens with one attached hydrogen (secondary N) is 1. The topological polar surface area (TPSA) is 75.7 Å². The highest BCUT2D eigenvalue weighted by Gasteiger charge is 2.45. The normalized spacial score (nSPS) is 29.4. The molecule has 6 nitrogen and oxygen atoms in total. The molecule has 1 aliphatic heterocycles. The molecule has 0 aromatic carbocycles. The van der Waals surface area contributed by atoms with E-state index in [1.54, 1.807) is 0 Å². The third-order valence-corrected chi connectivity index (χ3v) is 4.27. The van der Waals surface area contributed by atoms with E-state index >= 15 is 0 Å². The number of alkyl halides is 1. The van der Waals surface area contributed by atoms with Crippen molar-refractivity contribution in [1.29, 1.82) is 0 Å². The molecule has 0 spiro atoms. The summed E-state index contributed by atoms with van der Waals surface area (Å²) >= 11 is 5.66. The van der Waals surface area contributed by atoms with Gasteiger partial charge in [-0.25, -0.2) is 0 Å². The van der Waals surface area contributed by atoms with Gasteiger partial charge in [0.2, 0.25) is 11.8 Å². The van der Waals surface area contributed by atoms with Crippen LogP contribution >= 0.6 is 11.6 Å². The Labute approximate surface area is 122 Å². The van der Waals surface area contributed by atoms with Gasteiger partial charge in [0.25, 0.3) is 0 Å². The van der Waals surface area contributed by atoms with Crippen LogP contribution in [0.25, 0.3) is 0 Å². The number of amides is 2. The molecule has 1 N–H and O–H groups in total. The lowest BCUT2D eigenvalue weighted by molar-refractivity contribution is -0.154. The van der Waals surface area contributed by atoms with E-state index in [-0.39, 0.29) is 36.2 Å².